The summed E-state index contributed by atoms with van der Waals surface area (Å²) in [6.45, 7) is 9.30. The van der Waals surface area contributed by atoms with Crippen LogP contribution < -0.4 is 24.0 Å². The molecule has 0 saturated carbocycles. The van der Waals surface area contributed by atoms with Crippen molar-refractivity contribution in [3.63, 3.8) is 0 Å². The minimum Gasteiger partial charge on any atom is -1.00 e. The van der Waals surface area contributed by atoms with E-state index in [1.54, 1.807) is 0 Å². The molecule has 70 valence electrons. The molecule has 0 aliphatic heterocycles. The van der Waals surface area contributed by atoms with Gasteiger partial charge < -0.3 is 24.0 Å². The fraction of sp³-hybridized carbons (Fsp3) is 1.00. The molecule has 11 heavy (non-hydrogen) atoms. The Morgan fingerprint density at radius 2 is 1.64 bits per heavy atom. The van der Waals surface area contributed by atoms with Gasteiger partial charge >= 0.3 is 0 Å². The summed E-state index contributed by atoms with van der Waals surface area (Å²) < 4.78 is 0. The lowest BCUT2D eigenvalue weighted by Crippen LogP contribution is -3.00. The van der Waals surface area contributed by atoms with Gasteiger partial charge in [0.1, 0.15) is 0 Å². The van der Waals surface area contributed by atoms with E-state index in [0.717, 1.165) is 20.2 Å². The number of rotatable bonds is 5. The van der Waals surface area contributed by atoms with Crippen LogP contribution in [0, 0.1) is 5.92 Å². The number of hydrogen-bond donors (Lipinski definition) is 0. The van der Waals surface area contributed by atoms with Crippen molar-refractivity contribution >= 4 is 8.58 Å². The molecule has 0 spiro atoms. The Bertz CT molecular complexity index is 62.0. The minimum absolute atomic E-state index is 0. The van der Waals surface area contributed by atoms with Crippen molar-refractivity contribution in [1.29, 1.82) is 0 Å². The third kappa shape index (κ3) is 14.1. The second kappa shape index (κ2) is 9.25. The van der Waals surface area contributed by atoms with Gasteiger partial charge in [-0.2, -0.15) is 0 Å². The standard InChI is InChI=1S/C9H21P.HI/c1-8(2)6-5-7-10-9(3)4;/h8-10H,5-7H2,1-4H3;1H. The lowest BCUT2D eigenvalue weighted by molar-refractivity contribution is -0.00000248. The van der Waals surface area contributed by atoms with E-state index >= 15 is 0 Å². The molecule has 0 rings (SSSR count). The number of hydrogen-bond acceptors (Lipinski definition) is 0. The Morgan fingerprint density at radius 3 is 2.00 bits per heavy atom. The highest BCUT2D eigenvalue weighted by Gasteiger charge is 2.00. The lowest BCUT2D eigenvalue weighted by Gasteiger charge is -2.01. The molecule has 0 amide bonds. The molecule has 0 saturated heterocycles. The molecule has 1 atom stereocenters. The molecule has 0 aliphatic carbocycles. The van der Waals surface area contributed by atoms with Crippen LogP contribution in [0.2, 0.25) is 0 Å². The maximum atomic E-state index is 2.34. The van der Waals surface area contributed by atoms with Gasteiger partial charge in [-0.1, -0.05) is 13.8 Å². The maximum absolute atomic E-state index is 2.34. The van der Waals surface area contributed by atoms with E-state index in [-0.39, 0.29) is 24.0 Å². The first-order valence-electron chi connectivity index (χ1n) is 4.46. The zero-order chi connectivity index (χ0) is 7.98. The normalized spacial score (nSPS) is 11.5. The van der Waals surface area contributed by atoms with Gasteiger partial charge in [0.15, 0.2) is 0 Å². The molecule has 0 heterocycles. The zero-order valence-electron chi connectivity index (χ0n) is 8.23. The summed E-state index contributed by atoms with van der Waals surface area (Å²) in [7, 11) is 0.746. The topological polar surface area (TPSA) is 0 Å². The molecule has 0 aromatic rings. The van der Waals surface area contributed by atoms with Crippen LogP contribution in [0.25, 0.3) is 0 Å². The van der Waals surface area contributed by atoms with Crippen LogP contribution >= 0.6 is 8.58 Å². The van der Waals surface area contributed by atoms with Gasteiger partial charge in [0.2, 0.25) is 0 Å². The van der Waals surface area contributed by atoms with Crippen LogP contribution in [-0.4, -0.2) is 11.8 Å². The van der Waals surface area contributed by atoms with E-state index in [1.807, 2.05) is 0 Å². The van der Waals surface area contributed by atoms with Crippen molar-refractivity contribution in [3.05, 3.63) is 0 Å². The molecule has 0 aromatic carbocycles. The quantitative estimate of drug-likeness (QED) is 0.386. The molecule has 0 aliphatic rings. The Balaban J connectivity index is 0. The Labute approximate surface area is 90.7 Å². The SMILES string of the molecule is CC(C)CCC[PH2+]C(C)C.[I-]. The first kappa shape index (κ1) is 14.7. The Hall–Kier alpha value is 1.16. The van der Waals surface area contributed by atoms with Crippen LogP contribution in [0.1, 0.15) is 40.5 Å². The van der Waals surface area contributed by atoms with Crippen molar-refractivity contribution in [2.45, 2.75) is 46.2 Å². The average Bonchev–Trinajstić information content (AvgIpc) is 1.79. The van der Waals surface area contributed by atoms with Gasteiger partial charge in [-0.15, -0.1) is 0 Å². The van der Waals surface area contributed by atoms with Crippen LogP contribution in [-0.2, 0) is 0 Å². The fourth-order valence-electron chi connectivity index (χ4n) is 0.977. The van der Waals surface area contributed by atoms with Gasteiger partial charge in [-0.05, 0) is 41.2 Å². The van der Waals surface area contributed by atoms with E-state index in [1.165, 1.54) is 19.0 Å². The van der Waals surface area contributed by atoms with Crippen LogP contribution in [0.4, 0.5) is 0 Å². The Morgan fingerprint density at radius 1 is 1.09 bits per heavy atom. The maximum Gasteiger partial charge on any atom is 0.0596 e. The largest absolute Gasteiger partial charge is 1.00 e. The summed E-state index contributed by atoms with van der Waals surface area (Å²) in [5.74, 6) is 0.909. The van der Waals surface area contributed by atoms with Gasteiger partial charge in [-0.3, -0.25) is 0 Å². The van der Waals surface area contributed by atoms with Crippen molar-refractivity contribution in [1.82, 2.24) is 0 Å². The predicted molar refractivity (Wildman–Crippen MR) is 53.8 cm³/mol. The minimum atomic E-state index is 0. The molecule has 0 aromatic heterocycles. The molecule has 2 heteroatoms. The number of halogens is 1. The van der Waals surface area contributed by atoms with Gasteiger partial charge in [0.05, 0.1) is 11.8 Å². The van der Waals surface area contributed by atoms with Crippen LogP contribution in [0.5, 0.6) is 0 Å². The highest BCUT2D eigenvalue weighted by Crippen LogP contribution is 2.20. The van der Waals surface area contributed by atoms with Crippen molar-refractivity contribution < 1.29 is 24.0 Å². The van der Waals surface area contributed by atoms with E-state index in [4.69, 9.17) is 0 Å². The second-order valence-electron chi connectivity index (χ2n) is 3.80. The summed E-state index contributed by atoms with van der Waals surface area (Å²) in [5, 5.41) is 0. The van der Waals surface area contributed by atoms with E-state index in [2.05, 4.69) is 27.7 Å². The van der Waals surface area contributed by atoms with Crippen molar-refractivity contribution in [2.75, 3.05) is 6.16 Å². The third-order valence-corrected chi connectivity index (χ3v) is 3.31. The van der Waals surface area contributed by atoms with Crippen LogP contribution in [0.15, 0.2) is 0 Å². The highest BCUT2D eigenvalue weighted by molar-refractivity contribution is 7.38. The Kier molecular flexibility index (Phi) is 12.3. The van der Waals surface area contributed by atoms with E-state index in [9.17, 15) is 0 Å². The molecule has 0 N–H and O–H groups in total. The van der Waals surface area contributed by atoms with Crippen molar-refractivity contribution in [3.8, 4) is 0 Å². The van der Waals surface area contributed by atoms with E-state index in [0.29, 0.717) is 0 Å². The predicted octanol–water partition coefficient (Wildman–Crippen LogP) is 0.246. The molecular weight excluding hydrogens is 266 g/mol. The highest BCUT2D eigenvalue weighted by atomic mass is 127. The summed E-state index contributed by atoms with van der Waals surface area (Å²) >= 11 is 0. The molecule has 0 bridgehead atoms. The monoisotopic (exact) mass is 288 g/mol. The fourth-order valence-corrected chi connectivity index (χ4v) is 2.12. The molecular formula is C9H22IP. The summed E-state index contributed by atoms with van der Waals surface area (Å²) in [4.78, 5) is 0. The summed E-state index contributed by atoms with van der Waals surface area (Å²) in [6.07, 6.45) is 4.40. The van der Waals surface area contributed by atoms with Crippen LogP contribution in [0.3, 0.4) is 0 Å². The van der Waals surface area contributed by atoms with Gasteiger partial charge in [0.25, 0.3) is 0 Å². The smallest absolute Gasteiger partial charge is 0.0596 e. The molecule has 0 fully saturated rings. The molecule has 0 radical (unpaired) electrons. The van der Waals surface area contributed by atoms with E-state index < -0.39 is 0 Å². The first-order valence-corrected chi connectivity index (χ1v) is 5.94. The second-order valence-corrected chi connectivity index (χ2v) is 6.19. The average molecular weight is 288 g/mol. The van der Waals surface area contributed by atoms with Gasteiger partial charge in [0, 0.05) is 0 Å². The van der Waals surface area contributed by atoms with Gasteiger partial charge in [-0.25, -0.2) is 0 Å². The van der Waals surface area contributed by atoms with Crippen molar-refractivity contribution in [2.24, 2.45) is 5.92 Å². The third-order valence-electron chi connectivity index (χ3n) is 1.62. The first-order chi connectivity index (χ1) is 4.63. The summed E-state index contributed by atoms with van der Waals surface area (Å²) in [5.41, 5.74) is 0.979. The zero-order valence-corrected chi connectivity index (χ0v) is 11.5. The molecule has 0 nitrogen and oxygen atoms in total. The lowest BCUT2D eigenvalue weighted by atomic mass is 10.1. The molecule has 1 unspecified atom stereocenters. The summed E-state index contributed by atoms with van der Waals surface area (Å²) in [6, 6.07) is 0.